The molecule has 4 rings (SSSR count). The predicted octanol–water partition coefficient (Wildman–Crippen LogP) is 5.89. The minimum atomic E-state index is -0.412. The number of thiophene rings is 1. The molecule has 0 unspecified atom stereocenters. The normalized spacial score (nSPS) is 14.0. The Morgan fingerprint density at radius 2 is 1.74 bits per heavy atom. The van der Waals surface area contributed by atoms with Gasteiger partial charge in [0.05, 0.1) is 17.4 Å². The maximum absolute atomic E-state index is 13.4. The molecule has 1 aromatic heterocycles. The minimum absolute atomic E-state index is 0.0322. The molecule has 0 saturated carbocycles. The molecule has 158 valence electrons. The molecular formula is C24H21ClN2O3S. The van der Waals surface area contributed by atoms with Gasteiger partial charge in [-0.3, -0.25) is 9.59 Å². The fourth-order valence-electron chi connectivity index (χ4n) is 3.35. The van der Waals surface area contributed by atoms with E-state index in [1.54, 1.807) is 36.4 Å². The van der Waals surface area contributed by atoms with Crippen molar-refractivity contribution < 1.29 is 14.3 Å². The highest BCUT2D eigenvalue weighted by molar-refractivity contribution is 7.11. The fraction of sp³-hybridized carbons (Fsp3) is 0.167. The van der Waals surface area contributed by atoms with E-state index in [4.69, 9.17) is 16.3 Å². The van der Waals surface area contributed by atoms with Crippen LogP contribution < -0.4 is 15.0 Å². The topological polar surface area (TPSA) is 58.6 Å². The molecular weight excluding hydrogens is 432 g/mol. The van der Waals surface area contributed by atoms with Crippen molar-refractivity contribution in [1.29, 1.82) is 0 Å². The molecule has 0 fully saturated rings. The van der Waals surface area contributed by atoms with Gasteiger partial charge in [-0.2, -0.15) is 0 Å². The molecule has 0 spiro atoms. The maximum atomic E-state index is 13.4. The number of halogens is 1. The van der Waals surface area contributed by atoms with Gasteiger partial charge in [-0.25, -0.2) is 4.90 Å². The van der Waals surface area contributed by atoms with Crippen LogP contribution in [0.3, 0.4) is 0 Å². The fourth-order valence-corrected chi connectivity index (χ4v) is 4.30. The zero-order chi connectivity index (χ0) is 22.1. The second-order valence-electron chi connectivity index (χ2n) is 7.37. The first-order valence-electron chi connectivity index (χ1n) is 9.82. The number of nitrogens with one attached hydrogen (secondary N) is 1. The van der Waals surface area contributed by atoms with Gasteiger partial charge in [0.2, 0.25) is 0 Å². The third kappa shape index (κ3) is 4.09. The molecule has 3 aromatic rings. The standard InChI is InChI=1S/C24H21ClN2O3S/c1-14(2)30-17-11-9-16(10-12-17)27-23(28)21(20-8-5-13-31-20)22(24(27)29)26-19-7-4-6-18(25)15(19)3/h4-14,26H,1-3H3. The molecule has 0 bridgehead atoms. The van der Waals surface area contributed by atoms with Gasteiger partial charge >= 0.3 is 0 Å². The van der Waals surface area contributed by atoms with Crippen molar-refractivity contribution in [2.75, 3.05) is 10.2 Å². The SMILES string of the molecule is Cc1c(Cl)cccc1NC1=C(c2cccs2)C(=O)N(c2ccc(OC(C)C)cc2)C1=O. The lowest BCUT2D eigenvalue weighted by Gasteiger charge is -2.17. The second kappa shape index (κ2) is 8.57. The van der Waals surface area contributed by atoms with Gasteiger partial charge in [0.1, 0.15) is 11.4 Å². The van der Waals surface area contributed by atoms with Gasteiger partial charge in [0.25, 0.3) is 11.8 Å². The number of amides is 2. The Balaban J connectivity index is 1.73. The van der Waals surface area contributed by atoms with Crippen LogP contribution in [0.15, 0.2) is 65.7 Å². The second-order valence-corrected chi connectivity index (χ2v) is 8.73. The van der Waals surface area contributed by atoms with Crippen molar-refractivity contribution in [1.82, 2.24) is 0 Å². The van der Waals surface area contributed by atoms with Crippen molar-refractivity contribution >= 4 is 51.7 Å². The molecule has 7 heteroatoms. The number of hydrogen-bond acceptors (Lipinski definition) is 5. The average Bonchev–Trinajstić information content (AvgIpc) is 3.33. The van der Waals surface area contributed by atoms with E-state index in [0.717, 1.165) is 10.4 Å². The summed E-state index contributed by atoms with van der Waals surface area (Å²) in [5.74, 6) is -0.102. The van der Waals surface area contributed by atoms with Crippen LogP contribution in [0.5, 0.6) is 5.75 Å². The Morgan fingerprint density at radius 1 is 1.00 bits per heavy atom. The Bertz CT molecular complexity index is 1170. The number of hydrogen-bond donors (Lipinski definition) is 1. The minimum Gasteiger partial charge on any atom is -0.491 e. The summed E-state index contributed by atoms with van der Waals surface area (Å²) in [6, 6.07) is 16.1. The van der Waals surface area contributed by atoms with Gasteiger partial charge in [-0.1, -0.05) is 23.7 Å². The van der Waals surface area contributed by atoms with E-state index in [2.05, 4.69) is 5.32 Å². The summed E-state index contributed by atoms with van der Waals surface area (Å²) in [5.41, 5.74) is 2.55. The first-order valence-corrected chi connectivity index (χ1v) is 11.1. The summed E-state index contributed by atoms with van der Waals surface area (Å²) in [6.07, 6.45) is 0.0322. The number of rotatable bonds is 6. The van der Waals surface area contributed by atoms with Crippen molar-refractivity contribution in [2.24, 2.45) is 0 Å². The highest BCUT2D eigenvalue weighted by Gasteiger charge is 2.40. The smallest absolute Gasteiger partial charge is 0.282 e. The summed E-state index contributed by atoms with van der Waals surface area (Å²) in [5, 5.41) is 5.63. The zero-order valence-corrected chi connectivity index (χ0v) is 18.9. The number of ether oxygens (including phenoxy) is 1. The van der Waals surface area contributed by atoms with E-state index in [0.29, 0.717) is 27.7 Å². The molecule has 1 aliphatic heterocycles. The van der Waals surface area contributed by atoms with Crippen molar-refractivity contribution in [2.45, 2.75) is 26.9 Å². The number of imide groups is 1. The van der Waals surface area contributed by atoms with Crippen LogP contribution in [0, 0.1) is 6.92 Å². The first kappa shape index (κ1) is 21.2. The molecule has 2 amide bonds. The number of benzene rings is 2. The van der Waals surface area contributed by atoms with Crippen molar-refractivity contribution in [3.05, 3.63) is 81.1 Å². The lowest BCUT2D eigenvalue weighted by molar-refractivity contribution is -0.120. The Kier molecular flexibility index (Phi) is 5.85. The lowest BCUT2D eigenvalue weighted by atomic mass is 10.1. The van der Waals surface area contributed by atoms with Gasteiger partial charge in [0.15, 0.2) is 0 Å². The molecule has 0 saturated heterocycles. The summed E-state index contributed by atoms with van der Waals surface area (Å²) >= 11 is 7.66. The highest BCUT2D eigenvalue weighted by atomic mass is 35.5. The molecule has 0 atom stereocenters. The largest absolute Gasteiger partial charge is 0.491 e. The summed E-state index contributed by atoms with van der Waals surface area (Å²) < 4.78 is 5.67. The van der Waals surface area contributed by atoms with Gasteiger partial charge in [-0.15, -0.1) is 11.3 Å². The molecule has 0 radical (unpaired) electrons. The molecule has 2 aromatic carbocycles. The Hall–Kier alpha value is -3.09. The Labute approximate surface area is 189 Å². The van der Waals surface area contributed by atoms with Gasteiger partial charge < -0.3 is 10.1 Å². The third-order valence-electron chi connectivity index (χ3n) is 4.85. The van der Waals surface area contributed by atoms with E-state index in [9.17, 15) is 9.59 Å². The predicted molar refractivity (Wildman–Crippen MR) is 126 cm³/mol. The quantitative estimate of drug-likeness (QED) is 0.473. The molecule has 2 heterocycles. The summed E-state index contributed by atoms with van der Waals surface area (Å²) in [4.78, 5) is 28.7. The maximum Gasteiger partial charge on any atom is 0.282 e. The monoisotopic (exact) mass is 452 g/mol. The van der Waals surface area contributed by atoms with Crippen LogP contribution in [0.25, 0.3) is 5.57 Å². The van der Waals surface area contributed by atoms with Gasteiger partial charge in [-0.05, 0) is 74.2 Å². The molecule has 1 aliphatic rings. The van der Waals surface area contributed by atoms with E-state index in [1.165, 1.54) is 16.2 Å². The van der Waals surface area contributed by atoms with Crippen LogP contribution in [-0.2, 0) is 9.59 Å². The molecule has 0 aliphatic carbocycles. The summed E-state index contributed by atoms with van der Waals surface area (Å²) in [7, 11) is 0. The third-order valence-corrected chi connectivity index (χ3v) is 6.14. The number of carbonyl (C=O) groups excluding carboxylic acids is 2. The molecule has 31 heavy (non-hydrogen) atoms. The van der Waals surface area contributed by atoms with Crippen LogP contribution in [-0.4, -0.2) is 17.9 Å². The molecule has 1 N–H and O–H groups in total. The van der Waals surface area contributed by atoms with Crippen molar-refractivity contribution in [3.8, 4) is 5.75 Å². The first-order chi connectivity index (χ1) is 14.9. The van der Waals surface area contributed by atoms with Gasteiger partial charge in [0, 0.05) is 15.6 Å². The van der Waals surface area contributed by atoms with Crippen molar-refractivity contribution in [3.63, 3.8) is 0 Å². The van der Waals surface area contributed by atoms with E-state index in [-0.39, 0.29) is 17.7 Å². The summed E-state index contributed by atoms with van der Waals surface area (Å²) in [6.45, 7) is 5.74. The lowest BCUT2D eigenvalue weighted by Crippen LogP contribution is -2.32. The van der Waals surface area contributed by atoms with Crippen LogP contribution >= 0.6 is 22.9 Å². The highest BCUT2D eigenvalue weighted by Crippen LogP contribution is 2.37. The Morgan fingerprint density at radius 3 is 2.39 bits per heavy atom. The zero-order valence-electron chi connectivity index (χ0n) is 17.3. The molecule has 5 nitrogen and oxygen atoms in total. The van der Waals surface area contributed by atoms with E-state index >= 15 is 0 Å². The average molecular weight is 453 g/mol. The van der Waals surface area contributed by atoms with E-state index in [1.807, 2.05) is 44.4 Å². The van der Waals surface area contributed by atoms with E-state index < -0.39 is 5.91 Å². The van der Waals surface area contributed by atoms with Crippen LogP contribution in [0.1, 0.15) is 24.3 Å². The number of anilines is 2. The number of carbonyl (C=O) groups is 2. The number of nitrogens with zero attached hydrogens (tertiary/aromatic N) is 1. The van der Waals surface area contributed by atoms with Crippen LogP contribution in [0.2, 0.25) is 5.02 Å². The van der Waals surface area contributed by atoms with Crippen LogP contribution in [0.4, 0.5) is 11.4 Å².